The number of benzene rings is 2. The molecule has 1 unspecified atom stereocenters. The Labute approximate surface area is 185 Å². The molecule has 8 nitrogen and oxygen atoms in total. The zero-order chi connectivity index (χ0) is 23.4. The second-order valence-corrected chi connectivity index (χ2v) is 6.30. The number of hydrogen-bond donors (Lipinski definition) is 1. The van der Waals surface area contributed by atoms with Crippen molar-refractivity contribution < 1.29 is 37.8 Å². The van der Waals surface area contributed by atoms with Crippen molar-refractivity contribution in [2.24, 2.45) is 0 Å². The largest absolute Gasteiger partial charge is 0.496 e. The fraction of sp³-hybridized carbons (Fsp3) is 0.273. The van der Waals surface area contributed by atoms with Crippen molar-refractivity contribution in [1.29, 1.82) is 0 Å². The second kappa shape index (κ2) is 13.0. The number of aliphatic carboxylic acids is 1. The third kappa shape index (κ3) is 7.38. The Morgan fingerprint density at radius 3 is 1.97 bits per heavy atom. The van der Waals surface area contributed by atoms with Gasteiger partial charge in [-0.15, -0.1) is 0 Å². The fourth-order valence-corrected chi connectivity index (χ4v) is 2.65. The quantitative estimate of drug-likeness (QED) is 0.581. The monoisotopic (exact) mass is 450 g/mol. The van der Waals surface area contributed by atoms with Crippen LogP contribution in [0.3, 0.4) is 0 Å². The van der Waals surface area contributed by atoms with Gasteiger partial charge in [-0.1, -0.05) is 18.7 Å². The molecule has 0 saturated heterocycles. The Morgan fingerprint density at radius 2 is 1.55 bits per heavy atom. The van der Waals surface area contributed by atoms with Crippen molar-refractivity contribution in [2.75, 3.05) is 28.4 Å². The van der Waals surface area contributed by atoms with E-state index in [-0.39, 0.29) is 0 Å². The van der Waals surface area contributed by atoms with Crippen molar-refractivity contribution in [3.8, 4) is 28.7 Å². The molecule has 2 rings (SSSR count). The predicted octanol–water partition coefficient (Wildman–Crippen LogP) is 3.27. The molecule has 1 atom stereocenters. The van der Waals surface area contributed by atoms with Crippen LogP contribution in [0.25, 0.3) is 6.08 Å². The van der Waals surface area contributed by atoms with Crippen LogP contribution in [0.4, 0.5) is 0 Å². The molecule has 0 radical (unpaired) electrons. The molecule has 0 spiro atoms. The summed E-state index contributed by atoms with van der Waals surface area (Å²) in [6, 6.07) is 8.44. The summed E-state index contributed by atoms with van der Waals surface area (Å²) in [6.45, 7) is 5.12. The minimum absolute atomic E-state index is 0.296. The lowest BCUT2D eigenvalue weighted by atomic mass is 10.1. The Kier molecular flexibility index (Phi) is 10.7. The molecule has 31 heavy (non-hydrogen) atoms. The van der Waals surface area contributed by atoms with Crippen LogP contribution < -0.4 is 23.7 Å². The molecule has 0 aromatic heterocycles. The Morgan fingerprint density at radius 1 is 0.968 bits per heavy atom. The molecule has 0 saturated carbocycles. The molecule has 9 heteroatoms. The van der Waals surface area contributed by atoms with Gasteiger partial charge in [0.25, 0.3) is 0 Å². The van der Waals surface area contributed by atoms with Crippen molar-refractivity contribution in [3.05, 3.63) is 48.0 Å². The van der Waals surface area contributed by atoms with Crippen LogP contribution in [0.2, 0.25) is 0 Å². The molecule has 0 aliphatic carbocycles. The molecule has 2 aromatic rings. The number of rotatable bonds is 9. The Bertz CT molecular complexity index is 926. The van der Waals surface area contributed by atoms with Gasteiger partial charge in [0.1, 0.15) is 17.2 Å². The van der Waals surface area contributed by atoms with Crippen LogP contribution in [0, 0.1) is 0 Å². The summed E-state index contributed by atoms with van der Waals surface area (Å²) in [7, 11) is 6.25. The van der Waals surface area contributed by atoms with E-state index >= 15 is 0 Å². The summed E-state index contributed by atoms with van der Waals surface area (Å²) in [5, 5.41) is 10.1. The number of methoxy groups -OCH3 is 4. The molecule has 0 fully saturated rings. The molecule has 0 aliphatic heterocycles. The van der Waals surface area contributed by atoms with Crippen LogP contribution in [-0.2, 0) is 16.1 Å². The minimum atomic E-state index is -1.07. The molecule has 2 aromatic carbocycles. The summed E-state index contributed by atoms with van der Waals surface area (Å²) in [4.78, 5) is 10.7. The van der Waals surface area contributed by atoms with Crippen LogP contribution in [0.15, 0.2) is 36.9 Å². The van der Waals surface area contributed by atoms with Gasteiger partial charge in [-0.2, -0.15) is 0 Å². The van der Waals surface area contributed by atoms with Gasteiger partial charge in [0.15, 0.2) is 17.6 Å². The summed E-state index contributed by atoms with van der Waals surface area (Å²) in [5.41, 5.74) is 1.47. The fourth-order valence-electron chi connectivity index (χ4n) is 2.39. The standard InChI is InChI=1S/C11H12O5S.C11H14O3/c1-7(11(12)13)16-10-5-8(6-17-14)3-4-9(10)15-2;1-5-9-10(13-3)6-8(12-2)7-11(9)14-4/h3-7H,1-2H3,(H,12,13);5-7H,1H2,2-4H3. The first-order valence-electron chi connectivity index (χ1n) is 8.96. The maximum Gasteiger partial charge on any atom is 0.344 e. The van der Waals surface area contributed by atoms with Gasteiger partial charge in [-0.3, -0.25) is 0 Å². The Balaban J connectivity index is 0.000000316. The lowest BCUT2D eigenvalue weighted by Gasteiger charge is -2.13. The molecule has 0 heterocycles. The first kappa shape index (κ1) is 25.6. The molecule has 0 amide bonds. The van der Waals surface area contributed by atoms with Crippen LogP contribution in [-0.4, -0.2) is 55.2 Å². The maximum atomic E-state index is 10.7. The van der Waals surface area contributed by atoms with Gasteiger partial charge in [0, 0.05) is 17.5 Å². The number of ether oxygens (including phenoxy) is 5. The van der Waals surface area contributed by atoms with Gasteiger partial charge in [-0.25, -0.2) is 9.00 Å². The van der Waals surface area contributed by atoms with E-state index < -0.39 is 12.1 Å². The number of carboxylic acid groups (broad SMARTS) is 1. The maximum absolute atomic E-state index is 10.7. The van der Waals surface area contributed by atoms with Crippen LogP contribution in [0.1, 0.15) is 18.1 Å². The zero-order valence-corrected chi connectivity index (χ0v) is 18.9. The highest BCUT2D eigenvalue weighted by atomic mass is 32.1. The topological polar surface area (TPSA) is 101 Å². The lowest BCUT2D eigenvalue weighted by molar-refractivity contribution is -0.144. The average molecular weight is 451 g/mol. The second-order valence-electron chi connectivity index (χ2n) is 5.87. The van der Waals surface area contributed by atoms with Gasteiger partial charge < -0.3 is 28.8 Å². The van der Waals surface area contributed by atoms with Gasteiger partial charge in [0.05, 0.1) is 45.3 Å². The van der Waals surface area contributed by atoms with Gasteiger partial charge in [-0.05, 0) is 24.6 Å². The third-order valence-corrected chi connectivity index (χ3v) is 4.35. The molecule has 168 valence electrons. The highest BCUT2D eigenvalue weighted by Crippen LogP contribution is 2.34. The van der Waals surface area contributed by atoms with Crippen LogP contribution >= 0.6 is 0 Å². The van der Waals surface area contributed by atoms with E-state index in [2.05, 4.69) is 6.58 Å². The average Bonchev–Trinajstić information content (AvgIpc) is 2.78. The van der Waals surface area contributed by atoms with E-state index in [0.29, 0.717) is 45.6 Å². The van der Waals surface area contributed by atoms with Crippen molar-refractivity contribution in [1.82, 2.24) is 0 Å². The predicted molar refractivity (Wildman–Crippen MR) is 120 cm³/mol. The zero-order valence-electron chi connectivity index (χ0n) is 18.0. The highest BCUT2D eigenvalue weighted by Gasteiger charge is 2.15. The van der Waals surface area contributed by atoms with Crippen molar-refractivity contribution in [2.45, 2.75) is 13.0 Å². The smallest absolute Gasteiger partial charge is 0.344 e. The summed E-state index contributed by atoms with van der Waals surface area (Å²) >= 11 is 0.314. The first-order chi connectivity index (χ1) is 14.8. The van der Waals surface area contributed by atoms with E-state index in [0.717, 1.165) is 5.56 Å². The molecular weight excluding hydrogens is 424 g/mol. The summed E-state index contributed by atoms with van der Waals surface area (Å²) in [5.74, 6) is 1.73. The molecule has 0 aliphatic rings. The molecule has 1 N–H and O–H groups in total. The molecule has 0 bridgehead atoms. The van der Waals surface area contributed by atoms with Crippen molar-refractivity contribution in [3.63, 3.8) is 0 Å². The highest BCUT2D eigenvalue weighted by molar-refractivity contribution is 7.65. The molecular formula is C22H26O8S. The summed E-state index contributed by atoms with van der Waals surface area (Å²) in [6.07, 6.45) is 0.705. The first-order valence-corrected chi connectivity index (χ1v) is 9.77. The van der Waals surface area contributed by atoms with Crippen molar-refractivity contribution >= 4 is 28.7 Å². The van der Waals surface area contributed by atoms with E-state index in [1.165, 1.54) is 19.4 Å². The van der Waals surface area contributed by atoms with Crippen LogP contribution in [0.5, 0.6) is 28.7 Å². The van der Waals surface area contributed by atoms with Gasteiger partial charge in [0.2, 0.25) is 0 Å². The third-order valence-electron chi connectivity index (χ3n) is 3.98. The Hall–Kier alpha value is -3.46. The number of carbonyl (C=O) groups is 1. The van der Waals surface area contributed by atoms with E-state index in [4.69, 9.17) is 28.8 Å². The van der Waals surface area contributed by atoms with E-state index in [9.17, 15) is 9.00 Å². The number of carboxylic acids is 1. The lowest BCUT2D eigenvalue weighted by Crippen LogP contribution is -2.23. The number of hydrogen-bond acceptors (Lipinski definition) is 7. The normalized spacial score (nSPS) is 10.5. The van der Waals surface area contributed by atoms with E-state index in [1.807, 2.05) is 0 Å². The van der Waals surface area contributed by atoms with Gasteiger partial charge >= 0.3 is 5.97 Å². The summed E-state index contributed by atoms with van der Waals surface area (Å²) < 4.78 is 36.1. The van der Waals surface area contributed by atoms with E-state index in [1.54, 1.807) is 57.7 Å². The SMILES string of the molecule is C=Cc1c(OC)cc(OC)cc1OC.COc1ccc(C=S=O)cc1OC(C)C(=O)O. The minimum Gasteiger partial charge on any atom is -0.496 e.